The summed E-state index contributed by atoms with van der Waals surface area (Å²) in [4.78, 5) is 39.3. The minimum atomic E-state index is -0.896. The molecule has 0 radical (unpaired) electrons. The largest absolute Gasteiger partial charge is 0.443 e. The van der Waals surface area contributed by atoms with Crippen LogP contribution in [0.2, 0.25) is 5.02 Å². The van der Waals surface area contributed by atoms with Crippen LogP contribution in [-0.4, -0.2) is 80.8 Å². The second kappa shape index (κ2) is 12.1. The highest BCUT2D eigenvalue weighted by Gasteiger charge is 2.33. The van der Waals surface area contributed by atoms with E-state index < -0.39 is 23.6 Å². The minimum absolute atomic E-state index is 0.119. The number of fused-ring (bicyclic) bond motifs is 1. The molecule has 0 bridgehead atoms. The third kappa shape index (κ3) is 6.15. The summed E-state index contributed by atoms with van der Waals surface area (Å²) in [5.74, 6) is -0.273. The summed E-state index contributed by atoms with van der Waals surface area (Å²) in [6, 6.07) is 6.85. The molecule has 0 unspecified atom stereocenters. The Morgan fingerprint density at radius 2 is 1.90 bits per heavy atom. The van der Waals surface area contributed by atoms with Crippen LogP contribution in [0.1, 0.15) is 45.9 Å². The first-order chi connectivity index (χ1) is 19.9. The number of anilines is 4. The quantitative estimate of drug-likeness (QED) is 0.410. The van der Waals surface area contributed by atoms with E-state index in [1.54, 1.807) is 33.8 Å². The van der Waals surface area contributed by atoms with Crippen LogP contribution >= 0.6 is 11.6 Å². The number of nitrogens with two attached hydrogens (primary N) is 1. The minimum Gasteiger partial charge on any atom is -0.443 e. The number of carbonyl (C=O) groups is 2. The van der Waals surface area contributed by atoms with Gasteiger partial charge in [0.1, 0.15) is 11.7 Å². The predicted molar refractivity (Wildman–Crippen MR) is 157 cm³/mol. The van der Waals surface area contributed by atoms with Crippen molar-refractivity contribution in [1.29, 1.82) is 10.5 Å². The van der Waals surface area contributed by atoms with E-state index in [0.29, 0.717) is 44.1 Å². The fourth-order valence-electron chi connectivity index (χ4n) is 4.50. The van der Waals surface area contributed by atoms with E-state index in [9.17, 15) is 20.1 Å². The molecular weight excluding hydrogens is 562 g/mol. The topological polar surface area (TPSA) is 182 Å². The van der Waals surface area contributed by atoms with E-state index in [1.165, 1.54) is 16.8 Å². The number of aromatic nitrogens is 4. The first kappa shape index (κ1) is 30.3. The van der Waals surface area contributed by atoms with Crippen LogP contribution in [0, 0.1) is 22.7 Å². The normalized spacial score (nSPS) is 14.6. The zero-order valence-corrected chi connectivity index (χ0v) is 24.8. The smallest absolute Gasteiger partial charge is 0.422 e. The Kier molecular flexibility index (Phi) is 8.70. The lowest BCUT2D eigenvalue weighted by atomic mass is 10.1. The van der Waals surface area contributed by atoms with Crippen LogP contribution in [0.4, 0.5) is 27.9 Å². The van der Waals surface area contributed by atoms with Gasteiger partial charge in [-0.3, -0.25) is 9.69 Å². The standard InChI is InChI=1S/C27H32ClN11O3/c1-6-32-23-24-33-15-18(14-30)39(24)35-25(34-23)38(26(41)42-27(3,4)5)20-12-17(13-29)11-19(21(20)28)37-9-7-36(8-10-37)16(2)22(31)40/h11-12,15-16H,6-10H2,1-5H3,(H2,31,40)(H,32,34,35)/t16-/m0/s1. The lowest BCUT2D eigenvalue weighted by molar-refractivity contribution is -0.122. The molecule has 2 amide bonds. The number of hydrogen-bond acceptors (Lipinski definition) is 11. The van der Waals surface area contributed by atoms with Crippen molar-refractivity contribution in [3.63, 3.8) is 0 Å². The van der Waals surface area contributed by atoms with Crippen LogP contribution in [0.3, 0.4) is 0 Å². The molecule has 42 heavy (non-hydrogen) atoms. The molecule has 2 aromatic heterocycles. The monoisotopic (exact) mass is 593 g/mol. The van der Waals surface area contributed by atoms with E-state index in [1.807, 2.05) is 22.8 Å². The highest BCUT2D eigenvalue weighted by Crippen LogP contribution is 2.40. The van der Waals surface area contributed by atoms with Crippen molar-refractivity contribution in [3.05, 3.63) is 34.6 Å². The Hall–Kier alpha value is -4.66. The predicted octanol–water partition coefficient (Wildman–Crippen LogP) is 3.02. The first-order valence-corrected chi connectivity index (χ1v) is 13.7. The Morgan fingerprint density at radius 1 is 1.21 bits per heavy atom. The Morgan fingerprint density at radius 3 is 2.48 bits per heavy atom. The van der Waals surface area contributed by atoms with Crippen molar-refractivity contribution >= 4 is 52.4 Å². The molecule has 3 aromatic rings. The number of hydrogen-bond donors (Lipinski definition) is 2. The molecule has 15 heteroatoms. The van der Waals surface area contributed by atoms with E-state index in [2.05, 4.69) is 26.5 Å². The number of benzene rings is 1. The molecule has 1 fully saturated rings. The number of ether oxygens (including phenoxy) is 1. The van der Waals surface area contributed by atoms with Crippen LogP contribution < -0.4 is 20.9 Å². The fourth-order valence-corrected chi connectivity index (χ4v) is 4.82. The lowest BCUT2D eigenvalue weighted by Gasteiger charge is -2.39. The summed E-state index contributed by atoms with van der Waals surface area (Å²) in [5.41, 5.74) is 5.88. The zero-order valence-electron chi connectivity index (χ0n) is 24.0. The van der Waals surface area contributed by atoms with Crippen LogP contribution in [0.5, 0.6) is 0 Å². The molecule has 0 saturated carbocycles. The van der Waals surface area contributed by atoms with Gasteiger partial charge >= 0.3 is 6.09 Å². The van der Waals surface area contributed by atoms with E-state index in [0.717, 1.165) is 4.90 Å². The Balaban J connectivity index is 1.87. The highest BCUT2D eigenvalue weighted by molar-refractivity contribution is 6.36. The van der Waals surface area contributed by atoms with Gasteiger partial charge in [-0.15, -0.1) is 5.10 Å². The summed E-state index contributed by atoms with van der Waals surface area (Å²) in [6.07, 6.45) is 0.512. The lowest BCUT2D eigenvalue weighted by Crippen LogP contribution is -2.53. The summed E-state index contributed by atoms with van der Waals surface area (Å²) in [5, 5.41) is 27.3. The maximum absolute atomic E-state index is 13.8. The number of amides is 2. The van der Waals surface area contributed by atoms with Gasteiger partial charge in [-0.2, -0.15) is 20.0 Å². The number of carbonyl (C=O) groups excluding carboxylic acids is 2. The van der Waals surface area contributed by atoms with Gasteiger partial charge in [0.25, 0.3) is 5.95 Å². The molecule has 220 valence electrons. The van der Waals surface area contributed by atoms with Crippen molar-refractivity contribution in [2.24, 2.45) is 5.73 Å². The van der Waals surface area contributed by atoms with Crippen LogP contribution in [-0.2, 0) is 9.53 Å². The van der Waals surface area contributed by atoms with Crippen molar-refractivity contribution in [2.75, 3.05) is 47.8 Å². The first-order valence-electron chi connectivity index (χ1n) is 13.3. The van der Waals surface area contributed by atoms with E-state index >= 15 is 0 Å². The highest BCUT2D eigenvalue weighted by atomic mass is 35.5. The van der Waals surface area contributed by atoms with Crippen molar-refractivity contribution < 1.29 is 14.3 Å². The second-order valence-corrected chi connectivity index (χ2v) is 11.0. The average Bonchev–Trinajstić information content (AvgIpc) is 3.36. The second-order valence-electron chi connectivity index (χ2n) is 10.6. The Bertz CT molecular complexity index is 1590. The molecule has 3 heterocycles. The average molecular weight is 594 g/mol. The molecule has 0 aliphatic carbocycles. The third-order valence-corrected chi connectivity index (χ3v) is 6.99. The number of halogens is 1. The molecule has 0 spiro atoms. The van der Waals surface area contributed by atoms with Gasteiger partial charge in [-0.25, -0.2) is 14.7 Å². The maximum Gasteiger partial charge on any atom is 0.422 e. The number of nitrogens with zero attached hydrogens (tertiary/aromatic N) is 9. The SMILES string of the molecule is CCNc1nc(N(C(=O)OC(C)(C)C)c2cc(C#N)cc(N3CCN([C@@H](C)C(N)=O)CC3)c2Cl)nn2c(C#N)cnc12. The number of nitrogens with one attached hydrogen (secondary N) is 1. The summed E-state index contributed by atoms with van der Waals surface area (Å²) < 4.78 is 7.00. The Labute approximate surface area is 248 Å². The maximum atomic E-state index is 13.8. The van der Waals surface area contributed by atoms with Crippen molar-refractivity contribution in [1.82, 2.24) is 24.5 Å². The van der Waals surface area contributed by atoms with Gasteiger partial charge < -0.3 is 20.7 Å². The molecule has 1 atom stereocenters. The third-order valence-electron chi connectivity index (χ3n) is 6.60. The van der Waals surface area contributed by atoms with Crippen molar-refractivity contribution in [3.8, 4) is 12.1 Å². The summed E-state index contributed by atoms with van der Waals surface area (Å²) in [7, 11) is 0. The number of nitriles is 2. The zero-order chi connectivity index (χ0) is 30.8. The van der Waals surface area contributed by atoms with Crippen molar-refractivity contribution in [2.45, 2.75) is 46.3 Å². The number of rotatable bonds is 7. The molecule has 1 aromatic carbocycles. The molecular formula is C27H32ClN11O3. The van der Waals surface area contributed by atoms with Gasteiger partial charge in [0.05, 0.1) is 40.3 Å². The van der Waals surface area contributed by atoms with Gasteiger partial charge in [-0.05, 0) is 46.8 Å². The molecule has 3 N–H and O–H groups in total. The van der Waals surface area contributed by atoms with E-state index in [-0.39, 0.29) is 33.7 Å². The van der Waals surface area contributed by atoms with Gasteiger partial charge in [0, 0.05) is 32.7 Å². The molecule has 4 rings (SSSR count). The van der Waals surface area contributed by atoms with Crippen LogP contribution in [0.25, 0.3) is 5.65 Å². The fraction of sp³-hybridized carbons (Fsp3) is 0.444. The van der Waals surface area contributed by atoms with Gasteiger partial charge in [-0.1, -0.05) is 11.6 Å². The van der Waals surface area contributed by atoms with E-state index in [4.69, 9.17) is 22.1 Å². The number of primary amides is 1. The summed E-state index contributed by atoms with van der Waals surface area (Å²) >= 11 is 7.01. The van der Waals surface area contributed by atoms with Crippen LogP contribution in [0.15, 0.2) is 18.3 Å². The van der Waals surface area contributed by atoms with Gasteiger partial charge in [0.15, 0.2) is 17.2 Å². The summed E-state index contributed by atoms with van der Waals surface area (Å²) in [6.45, 7) is 11.3. The number of imidazole rings is 1. The molecule has 1 saturated heterocycles. The van der Waals surface area contributed by atoms with Gasteiger partial charge in [0.2, 0.25) is 5.91 Å². The number of piperazine rings is 1. The molecule has 1 aliphatic heterocycles. The molecule has 14 nitrogen and oxygen atoms in total. The molecule has 1 aliphatic rings.